The number of fused-ring (bicyclic) bond motifs is 1. The Bertz CT molecular complexity index is 1140. The van der Waals surface area contributed by atoms with E-state index in [-0.39, 0.29) is 0 Å². The molecule has 4 aromatic rings. The van der Waals surface area contributed by atoms with Gasteiger partial charge in [0.1, 0.15) is 0 Å². The first-order valence-corrected chi connectivity index (χ1v) is 8.86. The minimum Gasteiger partial charge on any atom is -0.397 e. The fraction of sp³-hybridized carbons (Fsp3) is 0. The summed E-state index contributed by atoms with van der Waals surface area (Å²) in [5, 5.41) is 2.10. The van der Waals surface area contributed by atoms with E-state index in [1.807, 2.05) is 48.7 Å². The van der Waals surface area contributed by atoms with Crippen molar-refractivity contribution in [2.45, 2.75) is 0 Å². The molecule has 0 radical (unpaired) electrons. The average Bonchev–Trinajstić information content (AvgIpc) is 2.70. The molecular weight excluding hydrogens is 386 g/mol. The van der Waals surface area contributed by atoms with Crippen LogP contribution in [0.5, 0.6) is 0 Å². The Labute approximate surface area is 160 Å². The molecule has 26 heavy (non-hydrogen) atoms. The summed E-state index contributed by atoms with van der Waals surface area (Å²) in [6.45, 7) is 0. The zero-order chi connectivity index (χ0) is 17.9. The predicted octanol–water partition coefficient (Wildman–Crippen LogP) is 5.04. The molecule has 0 spiro atoms. The van der Waals surface area contributed by atoms with Crippen LogP contribution in [0.15, 0.2) is 77.8 Å². The summed E-state index contributed by atoms with van der Waals surface area (Å²) in [6.07, 6.45) is 7.09. The largest absolute Gasteiger partial charge is 0.397 e. The molecule has 0 unspecified atom stereocenters. The zero-order valence-electron chi connectivity index (χ0n) is 13.8. The molecule has 0 amide bonds. The Balaban J connectivity index is 1.71. The maximum atomic E-state index is 6.34. The molecule has 0 aliphatic rings. The Morgan fingerprint density at radius 1 is 0.846 bits per heavy atom. The number of hydrogen-bond donors (Lipinski definition) is 1. The van der Waals surface area contributed by atoms with Crippen LogP contribution in [0.1, 0.15) is 11.1 Å². The van der Waals surface area contributed by atoms with Gasteiger partial charge in [0.25, 0.3) is 0 Å². The molecule has 2 aromatic heterocycles. The smallest absolute Gasteiger partial charge is 0.0545 e. The molecule has 0 aliphatic carbocycles. The minimum absolute atomic E-state index is 0.708. The first-order valence-electron chi connectivity index (χ1n) is 8.06. The van der Waals surface area contributed by atoms with Gasteiger partial charge in [-0.1, -0.05) is 24.0 Å². The summed E-state index contributed by atoms with van der Waals surface area (Å²) in [4.78, 5) is 8.24. The number of nitrogens with zero attached hydrogens (tertiary/aromatic N) is 2. The molecule has 2 aromatic carbocycles. The normalized spacial score (nSPS) is 10.3. The molecule has 2 N–H and O–H groups in total. The molecule has 124 valence electrons. The molecule has 0 saturated carbocycles. The number of nitrogens with two attached hydrogens (primary N) is 1. The van der Waals surface area contributed by atoms with Crippen LogP contribution in [0, 0.1) is 11.8 Å². The maximum Gasteiger partial charge on any atom is 0.0545 e. The Morgan fingerprint density at radius 2 is 1.62 bits per heavy atom. The SMILES string of the molecule is Nc1c(-c2ccc(C#Cc3cccnc3)cc2)cc2ccncc2c1Br. The lowest BCUT2D eigenvalue weighted by Crippen LogP contribution is -1.93. The van der Waals surface area contributed by atoms with E-state index in [2.05, 4.69) is 43.8 Å². The summed E-state index contributed by atoms with van der Waals surface area (Å²) in [6, 6.07) is 16.0. The lowest BCUT2D eigenvalue weighted by atomic mass is 9.99. The highest BCUT2D eigenvalue weighted by molar-refractivity contribution is 9.10. The van der Waals surface area contributed by atoms with Gasteiger partial charge >= 0.3 is 0 Å². The van der Waals surface area contributed by atoms with Gasteiger partial charge in [0.15, 0.2) is 0 Å². The van der Waals surface area contributed by atoms with Crippen LogP contribution in [0.4, 0.5) is 5.69 Å². The third-order valence-corrected chi connectivity index (χ3v) is 4.98. The van der Waals surface area contributed by atoms with Crippen molar-refractivity contribution in [3.63, 3.8) is 0 Å². The first-order chi connectivity index (χ1) is 12.7. The number of anilines is 1. The Morgan fingerprint density at radius 3 is 2.38 bits per heavy atom. The van der Waals surface area contributed by atoms with Crippen LogP contribution in [0.3, 0.4) is 0 Å². The summed E-state index contributed by atoms with van der Waals surface area (Å²) in [5.41, 5.74) is 10.9. The Hall–Kier alpha value is -3.16. The standard InChI is InChI=1S/C22H14BrN3/c23-21-20-14-26-11-9-18(20)12-19(22(21)24)17-7-5-15(6-8-17)3-4-16-2-1-10-25-13-16/h1-2,5-14H,24H2. The number of halogens is 1. The van der Waals surface area contributed by atoms with Crippen molar-refractivity contribution >= 4 is 32.4 Å². The predicted molar refractivity (Wildman–Crippen MR) is 110 cm³/mol. The van der Waals surface area contributed by atoms with E-state index in [4.69, 9.17) is 5.73 Å². The Kier molecular flexibility index (Phi) is 4.39. The van der Waals surface area contributed by atoms with Crippen molar-refractivity contribution in [1.29, 1.82) is 0 Å². The van der Waals surface area contributed by atoms with Gasteiger partial charge in [-0.3, -0.25) is 9.97 Å². The number of hydrogen-bond acceptors (Lipinski definition) is 3. The van der Waals surface area contributed by atoms with E-state index in [1.54, 1.807) is 18.6 Å². The first kappa shape index (κ1) is 16.3. The topological polar surface area (TPSA) is 51.8 Å². The fourth-order valence-electron chi connectivity index (χ4n) is 2.76. The number of aromatic nitrogens is 2. The number of pyridine rings is 2. The van der Waals surface area contributed by atoms with Gasteiger partial charge in [0.05, 0.1) is 10.2 Å². The van der Waals surface area contributed by atoms with Crippen molar-refractivity contribution in [2.75, 3.05) is 5.73 Å². The summed E-state index contributed by atoms with van der Waals surface area (Å²) < 4.78 is 0.874. The monoisotopic (exact) mass is 399 g/mol. The molecule has 4 heteroatoms. The van der Waals surface area contributed by atoms with Crippen molar-refractivity contribution in [3.05, 3.63) is 88.9 Å². The summed E-state index contributed by atoms with van der Waals surface area (Å²) in [7, 11) is 0. The summed E-state index contributed by atoms with van der Waals surface area (Å²) in [5.74, 6) is 6.27. The molecule has 0 fully saturated rings. The maximum absolute atomic E-state index is 6.34. The van der Waals surface area contributed by atoms with Crippen molar-refractivity contribution < 1.29 is 0 Å². The van der Waals surface area contributed by atoms with E-state index >= 15 is 0 Å². The van der Waals surface area contributed by atoms with Crippen molar-refractivity contribution in [2.24, 2.45) is 0 Å². The van der Waals surface area contributed by atoms with Crippen LogP contribution in [0.25, 0.3) is 21.9 Å². The molecule has 2 heterocycles. The highest BCUT2D eigenvalue weighted by Crippen LogP contribution is 2.37. The van der Waals surface area contributed by atoms with Crippen molar-refractivity contribution in [3.8, 4) is 23.0 Å². The van der Waals surface area contributed by atoms with Crippen LogP contribution in [-0.4, -0.2) is 9.97 Å². The quantitative estimate of drug-likeness (QED) is 0.360. The minimum atomic E-state index is 0.708. The molecule has 3 nitrogen and oxygen atoms in total. The van der Waals surface area contributed by atoms with Gasteiger partial charge in [-0.2, -0.15) is 0 Å². The lowest BCUT2D eigenvalue weighted by Gasteiger charge is -2.11. The second kappa shape index (κ2) is 6.99. The fourth-order valence-corrected chi connectivity index (χ4v) is 3.31. The highest BCUT2D eigenvalue weighted by Gasteiger charge is 2.10. The van der Waals surface area contributed by atoms with Crippen LogP contribution in [-0.2, 0) is 0 Å². The van der Waals surface area contributed by atoms with Gasteiger partial charge in [-0.15, -0.1) is 0 Å². The van der Waals surface area contributed by atoms with Gasteiger partial charge in [-0.05, 0) is 63.3 Å². The van der Waals surface area contributed by atoms with Crippen LogP contribution in [0.2, 0.25) is 0 Å². The zero-order valence-corrected chi connectivity index (χ0v) is 15.4. The van der Waals surface area contributed by atoms with Crippen LogP contribution >= 0.6 is 15.9 Å². The second-order valence-corrected chi connectivity index (χ2v) is 6.61. The van der Waals surface area contributed by atoms with Gasteiger partial charge in [-0.25, -0.2) is 0 Å². The summed E-state index contributed by atoms with van der Waals surface area (Å²) >= 11 is 3.60. The highest BCUT2D eigenvalue weighted by atomic mass is 79.9. The van der Waals surface area contributed by atoms with Gasteiger partial charge in [0.2, 0.25) is 0 Å². The third-order valence-electron chi connectivity index (χ3n) is 4.13. The molecule has 4 rings (SSSR count). The third kappa shape index (κ3) is 3.17. The van der Waals surface area contributed by atoms with Gasteiger partial charge in [0, 0.05) is 46.9 Å². The van der Waals surface area contributed by atoms with E-state index in [0.717, 1.165) is 37.5 Å². The number of nitrogen functional groups attached to an aromatic ring is 1. The van der Waals surface area contributed by atoms with Crippen molar-refractivity contribution in [1.82, 2.24) is 9.97 Å². The molecular formula is C22H14BrN3. The number of rotatable bonds is 1. The van der Waals surface area contributed by atoms with Gasteiger partial charge < -0.3 is 5.73 Å². The van der Waals surface area contributed by atoms with E-state index in [1.165, 1.54) is 0 Å². The molecule has 0 atom stereocenters. The average molecular weight is 400 g/mol. The van der Waals surface area contributed by atoms with Crippen LogP contribution < -0.4 is 5.73 Å². The molecule has 0 saturated heterocycles. The van der Waals surface area contributed by atoms with E-state index in [9.17, 15) is 0 Å². The lowest BCUT2D eigenvalue weighted by molar-refractivity contribution is 1.31. The number of benzene rings is 2. The van der Waals surface area contributed by atoms with E-state index in [0.29, 0.717) is 5.69 Å². The molecule has 0 bridgehead atoms. The van der Waals surface area contributed by atoms with E-state index < -0.39 is 0 Å². The second-order valence-electron chi connectivity index (χ2n) is 5.82. The molecule has 0 aliphatic heterocycles.